The third-order valence-electron chi connectivity index (χ3n) is 3.30. The predicted octanol–water partition coefficient (Wildman–Crippen LogP) is 4.06. The lowest BCUT2D eigenvalue weighted by Crippen LogP contribution is -2.23. The fourth-order valence-corrected chi connectivity index (χ4v) is 1.96. The van der Waals surface area contributed by atoms with E-state index in [0.717, 1.165) is 36.8 Å². The van der Waals surface area contributed by atoms with Gasteiger partial charge in [0.25, 0.3) is 0 Å². The molecule has 0 saturated heterocycles. The van der Waals surface area contributed by atoms with E-state index in [1.54, 1.807) is 0 Å². The zero-order chi connectivity index (χ0) is 15.7. The van der Waals surface area contributed by atoms with E-state index in [1.807, 2.05) is 6.20 Å². The third kappa shape index (κ3) is 6.89. The van der Waals surface area contributed by atoms with Gasteiger partial charge in [0.15, 0.2) is 5.75 Å². The molecule has 1 rings (SSSR count). The summed E-state index contributed by atoms with van der Waals surface area (Å²) in [6.07, 6.45) is 6.67. The molecule has 1 N–H and O–H groups in total. The topological polar surface area (TPSA) is 47.0 Å². The van der Waals surface area contributed by atoms with Gasteiger partial charge in [-0.15, -0.1) is 0 Å². The van der Waals surface area contributed by atoms with Crippen LogP contribution in [0.15, 0.2) is 6.20 Å². The molecule has 1 heterocycles. The van der Waals surface area contributed by atoms with E-state index in [1.165, 1.54) is 19.3 Å². The van der Waals surface area contributed by atoms with Gasteiger partial charge in [-0.1, -0.05) is 53.9 Å². The lowest BCUT2D eigenvalue weighted by atomic mass is 10.2. The summed E-state index contributed by atoms with van der Waals surface area (Å²) in [6.45, 7) is 12.2. The van der Waals surface area contributed by atoms with Crippen LogP contribution in [-0.4, -0.2) is 22.6 Å². The average Bonchev–Trinajstić information content (AvgIpc) is 2.45. The standard InChI is InChI=1S/C17H31N3O/c1-6-7-8-9-10-21-16-12-19-17(13(2)3)20-15(16)11-18-14(4)5/h12-14,18H,6-11H2,1-5H3. The monoisotopic (exact) mass is 293 g/mol. The number of hydrogen-bond donors (Lipinski definition) is 1. The molecule has 0 spiro atoms. The molecule has 120 valence electrons. The van der Waals surface area contributed by atoms with Crippen LogP contribution in [0.2, 0.25) is 0 Å². The molecular weight excluding hydrogens is 262 g/mol. The van der Waals surface area contributed by atoms with E-state index in [4.69, 9.17) is 4.74 Å². The molecule has 21 heavy (non-hydrogen) atoms. The smallest absolute Gasteiger partial charge is 0.160 e. The fourth-order valence-electron chi connectivity index (χ4n) is 1.96. The van der Waals surface area contributed by atoms with E-state index in [-0.39, 0.29) is 0 Å². The van der Waals surface area contributed by atoms with Gasteiger partial charge in [-0.25, -0.2) is 9.97 Å². The van der Waals surface area contributed by atoms with E-state index in [0.29, 0.717) is 12.0 Å². The Morgan fingerprint density at radius 1 is 1.14 bits per heavy atom. The average molecular weight is 293 g/mol. The van der Waals surface area contributed by atoms with Gasteiger partial charge in [0.1, 0.15) is 5.82 Å². The summed E-state index contributed by atoms with van der Waals surface area (Å²) < 4.78 is 5.89. The maximum atomic E-state index is 5.89. The molecule has 0 unspecified atom stereocenters. The zero-order valence-electron chi connectivity index (χ0n) is 14.3. The molecule has 1 aromatic heterocycles. The normalized spacial score (nSPS) is 11.4. The summed E-state index contributed by atoms with van der Waals surface area (Å²) in [4.78, 5) is 9.08. The summed E-state index contributed by atoms with van der Waals surface area (Å²) >= 11 is 0. The first-order chi connectivity index (χ1) is 10.0. The van der Waals surface area contributed by atoms with Crippen molar-refractivity contribution in [3.63, 3.8) is 0 Å². The van der Waals surface area contributed by atoms with Gasteiger partial charge in [-0.3, -0.25) is 0 Å². The number of unbranched alkanes of at least 4 members (excludes halogenated alkanes) is 3. The first-order valence-electron chi connectivity index (χ1n) is 8.26. The molecule has 0 atom stereocenters. The van der Waals surface area contributed by atoms with Crippen LogP contribution in [0.3, 0.4) is 0 Å². The second-order valence-corrected chi connectivity index (χ2v) is 6.14. The van der Waals surface area contributed by atoms with Crippen molar-refractivity contribution in [2.75, 3.05) is 6.61 Å². The Hall–Kier alpha value is -1.16. The van der Waals surface area contributed by atoms with Crippen molar-refractivity contribution in [3.05, 3.63) is 17.7 Å². The lowest BCUT2D eigenvalue weighted by molar-refractivity contribution is 0.297. The Morgan fingerprint density at radius 3 is 2.52 bits per heavy atom. The molecule has 4 heteroatoms. The minimum Gasteiger partial charge on any atom is -0.490 e. The molecule has 1 aromatic rings. The van der Waals surface area contributed by atoms with Crippen LogP contribution in [0.25, 0.3) is 0 Å². The molecule has 0 bridgehead atoms. The van der Waals surface area contributed by atoms with Crippen molar-refractivity contribution < 1.29 is 4.74 Å². The first kappa shape index (κ1) is 17.9. The Labute approximate surface area is 129 Å². The van der Waals surface area contributed by atoms with Crippen molar-refractivity contribution in [1.82, 2.24) is 15.3 Å². The van der Waals surface area contributed by atoms with Crippen molar-refractivity contribution in [3.8, 4) is 5.75 Å². The summed E-state index contributed by atoms with van der Waals surface area (Å²) in [6, 6.07) is 0.430. The highest BCUT2D eigenvalue weighted by molar-refractivity contribution is 5.25. The Kier molecular flexibility index (Phi) is 8.28. The molecule has 0 aliphatic carbocycles. The molecule has 0 amide bonds. The molecule has 0 aliphatic rings. The summed E-state index contributed by atoms with van der Waals surface area (Å²) in [7, 11) is 0. The summed E-state index contributed by atoms with van der Waals surface area (Å²) in [5.74, 6) is 2.04. The Balaban J connectivity index is 2.66. The van der Waals surface area contributed by atoms with Gasteiger partial charge in [-0.2, -0.15) is 0 Å². The lowest BCUT2D eigenvalue weighted by Gasteiger charge is -2.14. The maximum absolute atomic E-state index is 5.89. The molecular formula is C17H31N3O. The van der Waals surface area contributed by atoms with Crippen LogP contribution in [-0.2, 0) is 6.54 Å². The zero-order valence-corrected chi connectivity index (χ0v) is 14.3. The van der Waals surface area contributed by atoms with Gasteiger partial charge in [0.2, 0.25) is 0 Å². The highest BCUT2D eigenvalue weighted by atomic mass is 16.5. The van der Waals surface area contributed by atoms with Gasteiger partial charge in [0, 0.05) is 18.5 Å². The second-order valence-electron chi connectivity index (χ2n) is 6.14. The maximum Gasteiger partial charge on any atom is 0.160 e. The minimum atomic E-state index is 0.335. The van der Waals surface area contributed by atoms with Crippen molar-refractivity contribution in [2.24, 2.45) is 0 Å². The third-order valence-corrected chi connectivity index (χ3v) is 3.30. The van der Waals surface area contributed by atoms with Gasteiger partial charge >= 0.3 is 0 Å². The first-order valence-corrected chi connectivity index (χ1v) is 8.26. The van der Waals surface area contributed by atoms with Crippen LogP contribution in [0.5, 0.6) is 5.75 Å². The van der Waals surface area contributed by atoms with Gasteiger partial charge in [-0.05, 0) is 6.42 Å². The molecule has 0 fully saturated rings. The predicted molar refractivity (Wildman–Crippen MR) is 87.7 cm³/mol. The van der Waals surface area contributed by atoms with Crippen molar-refractivity contribution in [2.45, 2.75) is 78.8 Å². The van der Waals surface area contributed by atoms with Crippen LogP contribution >= 0.6 is 0 Å². The number of nitrogens with zero attached hydrogens (tertiary/aromatic N) is 2. The highest BCUT2D eigenvalue weighted by Gasteiger charge is 2.11. The molecule has 0 saturated carbocycles. The fraction of sp³-hybridized carbons (Fsp3) is 0.765. The summed E-state index contributed by atoms with van der Waals surface area (Å²) in [5, 5.41) is 3.41. The van der Waals surface area contributed by atoms with E-state index < -0.39 is 0 Å². The summed E-state index contributed by atoms with van der Waals surface area (Å²) in [5.41, 5.74) is 0.970. The molecule has 0 aromatic carbocycles. The van der Waals surface area contributed by atoms with Crippen LogP contribution in [0, 0.1) is 0 Å². The highest BCUT2D eigenvalue weighted by Crippen LogP contribution is 2.19. The molecule has 4 nitrogen and oxygen atoms in total. The number of nitrogens with one attached hydrogen (secondary N) is 1. The van der Waals surface area contributed by atoms with E-state index in [2.05, 4.69) is 49.9 Å². The quantitative estimate of drug-likeness (QED) is 0.661. The second kappa shape index (κ2) is 9.72. The van der Waals surface area contributed by atoms with Crippen molar-refractivity contribution in [1.29, 1.82) is 0 Å². The Morgan fingerprint density at radius 2 is 1.90 bits per heavy atom. The minimum absolute atomic E-state index is 0.335. The van der Waals surface area contributed by atoms with Crippen LogP contribution < -0.4 is 10.1 Å². The molecule has 0 aliphatic heterocycles. The van der Waals surface area contributed by atoms with Gasteiger partial charge in [0.05, 0.1) is 18.5 Å². The number of aromatic nitrogens is 2. The number of rotatable bonds is 10. The van der Waals surface area contributed by atoms with Crippen LogP contribution in [0.4, 0.5) is 0 Å². The van der Waals surface area contributed by atoms with E-state index >= 15 is 0 Å². The van der Waals surface area contributed by atoms with E-state index in [9.17, 15) is 0 Å². The largest absolute Gasteiger partial charge is 0.490 e. The van der Waals surface area contributed by atoms with Crippen molar-refractivity contribution >= 4 is 0 Å². The van der Waals surface area contributed by atoms with Crippen LogP contribution in [0.1, 0.15) is 77.7 Å². The Bertz CT molecular complexity index is 405. The van der Waals surface area contributed by atoms with Gasteiger partial charge < -0.3 is 10.1 Å². The SMILES string of the molecule is CCCCCCOc1cnc(C(C)C)nc1CNC(C)C. The number of ether oxygens (including phenoxy) is 1. The number of hydrogen-bond acceptors (Lipinski definition) is 4. The molecule has 0 radical (unpaired) electrons.